The molecule has 0 bridgehead atoms. The average Bonchev–Trinajstić information content (AvgIpc) is 2.82. The first-order chi connectivity index (χ1) is 8.68. The van der Waals surface area contributed by atoms with Crippen LogP contribution in [-0.4, -0.2) is 40.4 Å². The molecule has 1 fully saturated rings. The molecule has 0 aromatic carbocycles. The van der Waals surface area contributed by atoms with Crippen molar-refractivity contribution in [3.05, 3.63) is 18.0 Å². The second kappa shape index (κ2) is 5.85. The lowest BCUT2D eigenvalue weighted by molar-refractivity contribution is 0.0833. The van der Waals surface area contributed by atoms with Crippen LogP contribution in [-0.2, 0) is 13.5 Å². The third-order valence-corrected chi connectivity index (χ3v) is 4.60. The first-order valence-electron chi connectivity index (χ1n) is 7.06. The van der Waals surface area contributed by atoms with Crippen molar-refractivity contribution in [2.24, 2.45) is 12.8 Å². The molecule has 1 aliphatic rings. The van der Waals surface area contributed by atoms with Crippen LogP contribution in [0.4, 0.5) is 0 Å². The Kier molecular flexibility index (Phi) is 4.40. The van der Waals surface area contributed by atoms with E-state index in [-0.39, 0.29) is 5.54 Å². The van der Waals surface area contributed by atoms with E-state index in [2.05, 4.69) is 23.1 Å². The van der Waals surface area contributed by atoms with Crippen LogP contribution in [0.5, 0.6) is 0 Å². The van der Waals surface area contributed by atoms with Crippen molar-refractivity contribution in [3.63, 3.8) is 0 Å². The quantitative estimate of drug-likeness (QED) is 0.862. The SMILES string of the molecule is CN(CCc1ccnn1C)C1(CN)CCCCC1. The summed E-state index contributed by atoms with van der Waals surface area (Å²) in [6, 6.07) is 2.10. The molecule has 0 spiro atoms. The number of nitrogens with zero attached hydrogens (tertiary/aromatic N) is 3. The molecule has 18 heavy (non-hydrogen) atoms. The van der Waals surface area contributed by atoms with Crippen molar-refractivity contribution in [2.45, 2.75) is 44.1 Å². The number of hydrogen-bond acceptors (Lipinski definition) is 3. The summed E-state index contributed by atoms with van der Waals surface area (Å²) in [6.07, 6.45) is 9.46. The molecule has 1 heterocycles. The van der Waals surface area contributed by atoms with Crippen LogP contribution in [0.1, 0.15) is 37.8 Å². The summed E-state index contributed by atoms with van der Waals surface area (Å²) in [4.78, 5) is 2.49. The van der Waals surface area contributed by atoms with Crippen LogP contribution in [0.2, 0.25) is 0 Å². The fraction of sp³-hybridized carbons (Fsp3) is 0.786. The summed E-state index contributed by atoms with van der Waals surface area (Å²) in [7, 11) is 4.24. The van der Waals surface area contributed by atoms with Crippen LogP contribution >= 0.6 is 0 Å². The number of likely N-dealkylation sites (N-methyl/N-ethyl adjacent to an activating group) is 1. The van der Waals surface area contributed by atoms with Gasteiger partial charge in [0.25, 0.3) is 0 Å². The van der Waals surface area contributed by atoms with Crippen molar-refractivity contribution in [2.75, 3.05) is 20.1 Å². The van der Waals surface area contributed by atoms with Gasteiger partial charge in [-0.15, -0.1) is 0 Å². The maximum atomic E-state index is 6.06. The van der Waals surface area contributed by atoms with Crippen molar-refractivity contribution < 1.29 is 0 Å². The second-order valence-corrected chi connectivity index (χ2v) is 5.61. The van der Waals surface area contributed by atoms with Gasteiger partial charge in [-0.25, -0.2) is 0 Å². The lowest BCUT2D eigenvalue weighted by Gasteiger charge is -2.44. The van der Waals surface area contributed by atoms with Gasteiger partial charge >= 0.3 is 0 Å². The molecule has 0 atom stereocenters. The molecule has 4 heteroatoms. The standard InChI is InChI=1S/C14H26N4/c1-17(11-7-13-6-10-16-18(13)2)14(12-15)8-4-3-5-9-14/h6,10H,3-5,7-9,11-12,15H2,1-2H3. The molecule has 4 nitrogen and oxygen atoms in total. The van der Waals surface area contributed by atoms with E-state index in [0.717, 1.165) is 19.5 Å². The third kappa shape index (κ3) is 2.75. The maximum absolute atomic E-state index is 6.06. The Hall–Kier alpha value is -0.870. The van der Waals surface area contributed by atoms with E-state index in [1.165, 1.54) is 37.8 Å². The Labute approximate surface area is 110 Å². The van der Waals surface area contributed by atoms with Gasteiger partial charge in [0.2, 0.25) is 0 Å². The molecule has 0 radical (unpaired) electrons. The second-order valence-electron chi connectivity index (χ2n) is 5.61. The highest BCUT2D eigenvalue weighted by molar-refractivity contribution is 5.01. The summed E-state index contributed by atoms with van der Waals surface area (Å²) in [6.45, 7) is 1.85. The molecular weight excluding hydrogens is 224 g/mol. The molecule has 0 aliphatic heterocycles. The molecule has 1 aromatic rings. The lowest BCUT2D eigenvalue weighted by Crippen LogP contribution is -2.53. The molecule has 2 N–H and O–H groups in total. The van der Waals surface area contributed by atoms with E-state index in [1.54, 1.807) is 0 Å². The van der Waals surface area contributed by atoms with Crippen molar-refractivity contribution in [3.8, 4) is 0 Å². The minimum atomic E-state index is 0.247. The number of hydrogen-bond donors (Lipinski definition) is 1. The van der Waals surface area contributed by atoms with E-state index in [4.69, 9.17) is 5.73 Å². The number of rotatable bonds is 5. The smallest absolute Gasteiger partial charge is 0.0492 e. The highest BCUT2D eigenvalue weighted by Gasteiger charge is 2.34. The summed E-state index contributed by atoms with van der Waals surface area (Å²) in [5.41, 5.74) is 7.60. The first-order valence-corrected chi connectivity index (χ1v) is 7.06. The number of aromatic nitrogens is 2. The van der Waals surface area contributed by atoms with Crippen LogP contribution in [0.3, 0.4) is 0 Å². The Bertz CT molecular complexity index is 366. The normalized spacial score (nSPS) is 19.3. The largest absolute Gasteiger partial charge is 0.329 e. The van der Waals surface area contributed by atoms with Gasteiger partial charge < -0.3 is 5.73 Å². The third-order valence-electron chi connectivity index (χ3n) is 4.60. The number of nitrogens with two attached hydrogens (primary N) is 1. The minimum absolute atomic E-state index is 0.247. The maximum Gasteiger partial charge on any atom is 0.0492 e. The van der Waals surface area contributed by atoms with Crippen molar-refractivity contribution >= 4 is 0 Å². The van der Waals surface area contributed by atoms with Gasteiger partial charge in [0.15, 0.2) is 0 Å². The molecular formula is C14H26N4. The first kappa shape index (κ1) is 13.6. The van der Waals surface area contributed by atoms with Gasteiger partial charge in [-0.2, -0.15) is 5.10 Å². The van der Waals surface area contributed by atoms with E-state index in [1.807, 2.05) is 17.9 Å². The zero-order valence-corrected chi connectivity index (χ0v) is 11.7. The van der Waals surface area contributed by atoms with E-state index < -0.39 is 0 Å². The lowest BCUT2D eigenvalue weighted by atomic mass is 9.80. The summed E-state index contributed by atoms with van der Waals surface area (Å²) >= 11 is 0. The molecule has 1 saturated carbocycles. The van der Waals surface area contributed by atoms with Crippen LogP contribution < -0.4 is 5.73 Å². The van der Waals surface area contributed by atoms with E-state index in [0.29, 0.717) is 0 Å². The van der Waals surface area contributed by atoms with Crippen molar-refractivity contribution in [1.29, 1.82) is 0 Å². The van der Waals surface area contributed by atoms with Crippen LogP contribution in [0.15, 0.2) is 12.3 Å². The highest BCUT2D eigenvalue weighted by Crippen LogP contribution is 2.32. The Balaban J connectivity index is 1.93. The fourth-order valence-electron chi connectivity index (χ4n) is 3.12. The predicted molar refractivity (Wildman–Crippen MR) is 74.4 cm³/mol. The molecule has 0 saturated heterocycles. The Morgan fingerprint density at radius 2 is 2.11 bits per heavy atom. The Morgan fingerprint density at radius 1 is 1.39 bits per heavy atom. The predicted octanol–water partition coefficient (Wildman–Crippen LogP) is 1.56. The summed E-state index contributed by atoms with van der Waals surface area (Å²) in [5.74, 6) is 0. The van der Waals surface area contributed by atoms with Gasteiger partial charge in [-0.3, -0.25) is 9.58 Å². The van der Waals surface area contributed by atoms with E-state index in [9.17, 15) is 0 Å². The molecule has 0 amide bonds. The topological polar surface area (TPSA) is 47.1 Å². The van der Waals surface area contributed by atoms with Crippen LogP contribution in [0, 0.1) is 0 Å². The Morgan fingerprint density at radius 3 is 2.67 bits per heavy atom. The molecule has 1 aliphatic carbocycles. The molecule has 1 aromatic heterocycles. The number of aryl methyl sites for hydroxylation is 1. The highest BCUT2D eigenvalue weighted by atomic mass is 15.3. The van der Waals surface area contributed by atoms with Crippen molar-refractivity contribution in [1.82, 2.24) is 14.7 Å². The van der Waals surface area contributed by atoms with Crippen LogP contribution in [0.25, 0.3) is 0 Å². The van der Waals surface area contributed by atoms with Gasteiger partial charge in [-0.05, 0) is 26.0 Å². The van der Waals surface area contributed by atoms with Gasteiger partial charge in [0, 0.05) is 44.0 Å². The monoisotopic (exact) mass is 250 g/mol. The van der Waals surface area contributed by atoms with Gasteiger partial charge in [0.05, 0.1) is 0 Å². The van der Waals surface area contributed by atoms with Gasteiger partial charge in [-0.1, -0.05) is 19.3 Å². The zero-order chi connectivity index (χ0) is 13.0. The molecule has 0 unspecified atom stereocenters. The molecule has 102 valence electrons. The van der Waals surface area contributed by atoms with Gasteiger partial charge in [0.1, 0.15) is 0 Å². The average molecular weight is 250 g/mol. The summed E-state index contributed by atoms with van der Waals surface area (Å²) in [5, 5.41) is 4.22. The van der Waals surface area contributed by atoms with E-state index >= 15 is 0 Å². The molecule has 2 rings (SSSR count). The minimum Gasteiger partial charge on any atom is -0.329 e. The fourth-order valence-corrected chi connectivity index (χ4v) is 3.12. The summed E-state index contributed by atoms with van der Waals surface area (Å²) < 4.78 is 1.96. The zero-order valence-electron chi connectivity index (χ0n) is 11.7.